The Hall–Kier alpha value is -1.41. The maximum Gasteiger partial charge on any atom is 0.504 e. The average Bonchev–Trinajstić information content (AvgIpc) is 2.95. The fraction of sp³-hybridized carbons (Fsp3) is 0.438. The number of hydrogen-bond acceptors (Lipinski definition) is 6. The monoisotopic (exact) mass is 335 g/mol. The molecule has 0 radical (unpaired) electrons. The summed E-state index contributed by atoms with van der Waals surface area (Å²) in [5.41, 5.74) is 1.17. The van der Waals surface area contributed by atoms with Crippen LogP contribution >= 0.6 is 11.3 Å². The zero-order chi connectivity index (χ0) is 17.3. The zero-order valence-corrected chi connectivity index (χ0v) is 14.8. The molecule has 0 aliphatic rings. The van der Waals surface area contributed by atoms with E-state index in [2.05, 4.69) is 4.98 Å². The van der Waals surface area contributed by atoms with Crippen LogP contribution in [0.15, 0.2) is 29.8 Å². The van der Waals surface area contributed by atoms with E-state index in [1.54, 1.807) is 40.3 Å². The van der Waals surface area contributed by atoms with E-state index in [1.807, 2.05) is 24.3 Å². The van der Waals surface area contributed by atoms with E-state index in [4.69, 9.17) is 9.39 Å². The van der Waals surface area contributed by atoms with Gasteiger partial charge in [0, 0.05) is 5.56 Å². The molecular formula is C16H22BNO4S. The lowest BCUT2D eigenvalue weighted by Crippen LogP contribution is -2.53. The largest absolute Gasteiger partial charge is 0.504 e. The van der Waals surface area contributed by atoms with Crippen molar-refractivity contribution in [3.8, 4) is 17.0 Å². The number of benzene rings is 1. The molecule has 5 nitrogen and oxygen atoms in total. The number of aliphatic hydroxyl groups is 1. The third kappa shape index (κ3) is 3.92. The minimum atomic E-state index is -1.17. The predicted octanol–water partition coefficient (Wildman–Crippen LogP) is 2.07. The van der Waals surface area contributed by atoms with Gasteiger partial charge in [-0.1, -0.05) is 0 Å². The highest BCUT2D eigenvalue weighted by Gasteiger charge is 2.40. The highest BCUT2D eigenvalue weighted by atomic mass is 32.1. The second-order valence-electron chi connectivity index (χ2n) is 6.33. The number of aromatic nitrogens is 1. The molecule has 0 unspecified atom stereocenters. The first kappa shape index (κ1) is 17.9. The van der Waals surface area contributed by atoms with Gasteiger partial charge in [0.1, 0.15) is 5.75 Å². The van der Waals surface area contributed by atoms with Crippen LogP contribution in [-0.4, -0.2) is 40.5 Å². The van der Waals surface area contributed by atoms with Gasteiger partial charge in [0.25, 0.3) is 0 Å². The number of methoxy groups -OCH3 is 1. The second-order valence-corrected chi connectivity index (χ2v) is 7.22. The van der Waals surface area contributed by atoms with Gasteiger partial charge in [-0.25, -0.2) is 4.98 Å². The van der Waals surface area contributed by atoms with Crippen LogP contribution in [0.3, 0.4) is 0 Å². The highest BCUT2D eigenvalue weighted by Crippen LogP contribution is 2.27. The van der Waals surface area contributed by atoms with E-state index in [-0.39, 0.29) is 0 Å². The molecule has 0 fully saturated rings. The van der Waals surface area contributed by atoms with Crippen LogP contribution in [0.1, 0.15) is 27.7 Å². The van der Waals surface area contributed by atoms with Crippen molar-refractivity contribution in [1.29, 1.82) is 0 Å². The van der Waals surface area contributed by atoms with E-state index in [1.165, 1.54) is 11.3 Å². The van der Waals surface area contributed by atoms with Crippen molar-refractivity contribution in [2.75, 3.05) is 7.11 Å². The van der Waals surface area contributed by atoms with E-state index in [0.29, 0.717) is 10.5 Å². The van der Waals surface area contributed by atoms with Crippen LogP contribution in [0, 0.1) is 0 Å². The number of rotatable bonds is 6. The van der Waals surface area contributed by atoms with E-state index < -0.39 is 18.3 Å². The van der Waals surface area contributed by atoms with Crippen LogP contribution in [0.5, 0.6) is 5.75 Å². The summed E-state index contributed by atoms with van der Waals surface area (Å²) in [6.45, 7) is 6.78. The zero-order valence-electron chi connectivity index (χ0n) is 14.0. The highest BCUT2D eigenvalue weighted by molar-refractivity contribution is 7.21. The molecule has 1 aromatic heterocycles. The first-order valence-corrected chi connectivity index (χ1v) is 8.20. The Labute approximate surface area is 141 Å². The van der Waals surface area contributed by atoms with E-state index in [9.17, 15) is 10.1 Å². The predicted molar refractivity (Wildman–Crippen MR) is 93.2 cm³/mol. The van der Waals surface area contributed by atoms with Crippen molar-refractivity contribution < 1.29 is 19.5 Å². The van der Waals surface area contributed by atoms with Gasteiger partial charge in [-0.3, -0.25) is 0 Å². The summed E-state index contributed by atoms with van der Waals surface area (Å²) < 4.78 is 11.5. The van der Waals surface area contributed by atoms with Gasteiger partial charge in [0.15, 0.2) is 0 Å². The van der Waals surface area contributed by atoms with Crippen molar-refractivity contribution in [2.24, 2.45) is 0 Å². The van der Waals surface area contributed by atoms with Gasteiger partial charge in [-0.05, 0) is 52.0 Å². The molecular weight excluding hydrogens is 313 g/mol. The van der Waals surface area contributed by atoms with Gasteiger partial charge >= 0.3 is 7.12 Å². The maximum atomic E-state index is 10.5. The number of thiazole rings is 1. The molecule has 2 aromatic rings. The van der Waals surface area contributed by atoms with Crippen LogP contribution in [0.2, 0.25) is 0 Å². The third-order valence-corrected chi connectivity index (χ3v) is 4.92. The lowest BCUT2D eigenvalue weighted by atomic mass is 9.80. The van der Waals surface area contributed by atoms with Gasteiger partial charge in [-0.15, -0.1) is 11.3 Å². The fourth-order valence-electron chi connectivity index (χ4n) is 1.87. The normalized spacial score (nSPS) is 12.3. The Kier molecular flexibility index (Phi) is 5.15. The average molecular weight is 335 g/mol. The van der Waals surface area contributed by atoms with Crippen molar-refractivity contribution >= 4 is 23.2 Å². The number of ether oxygens (including phenoxy) is 1. The van der Waals surface area contributed by atoms with Crippen LogP contribution < -0.4 is 9.51 Å². The fourth-order valence-corrected chi connectivity index (χ4v) is 2.59. The maximum absolute atomic E-state index is 10.5. The summed E-state index contributed by atoms with van der Waals surface area (Å²) >= 11 is 1.31. The Balaban J connectivity index is 2.26. The molecule has 23 heavy (non-hydrogen) atoms. The molecule has 2 N–H and O–H groups in total. The quantitative estimate of drug-likeness (QED) is 0.791. The Morgan fingerprint density at radius 3 is 2.26 bits per heavy atom. The molecule has 7 heteroatoms. The lowest BCUT2D eigenvalue weighted by Gasteiger charge is -2.38. The van der Waals surface area contributed by atoms with Crippen molar-refractivity contribution in [3.63, 3.8) is 0 Å². The summed E-state index contributed by atoms with van der Waals surface area (Å²) in [7, 11) is 0.445. The topological polar surface area (TPSA) is 71.8 Å². The standard InChI is InChI=1S/C16H22BNO4S/c1-15(2,19)16(3,4)22-17(20)14-13(18-10-23-14)11-6-8-12(21-5)9-7-11/h6-10,19-20H,1-5H3. The van der Waals surface area contributed by atoms with E-state index in [0.717, 1.165) is 11.3 Å². The lowest BCUT2D eigenvalue weighted by molar-refractivity contribution is -0.0981. The third-order valence-electron chi connectivity index (χ3n) is 4.06. The first-order valence-electron chi connectivity index (χ1n) is 7.32. The molecule has 124 valence electrons. The summed E-state index contributed by atoms with van der Waals surface area (Å²) in [6.07, 6.45) is 0. The van der Waals surface area contributed by atoms with Gasteiger partial charge in [-0.2, -0.15) is 0 Å². The van der Waals surface area contributed by atoms with Crippen molar-refractivity contribution in [2.45, 2.75) is 38.9 Å². The van der Waals surface area contributed by atoms with Crippen LogP contribution in [0.4, 0.5) is 0 Å². The van der Waals surface area contributed by atoms with Crippen LogP contribution in [-0.2, 0) is 4.65 Å². The van der Waals surface area contributed by atoms with Crippen molar-refractivity contribution in [3.05, 3.63) is 29.8 Å². The smallest absolute Gasteiger partial charge is 0.497 e. The molecule has 0 aliphatic carbocycles. The molecule has 2 rings (SSSR count). The molecule has 0 bridgehead atoms. The van der Waals surface area contributed by atoms with Gasteiger partial charge in [0.2, 0.25) is 0 Å². The van der Waals surface area contributed by atoms with E-state index >= 15 is 0 Å². The minimum Gasteiger partial charge on any atom is -0.497 e. The van der Waals surface area contributed by atoms with Crippen molar-refractivity contribution in [1.82, 2.24) is 4.98 Å². The summed E-state index contributed by atoms with van der Waals surface area (Å²) in [6, 6.07) is 7.44. The minimum absolute atomic E-state index is 0.604. The molecule has 1 aromatic carbocycles. The number of hydrogen-bond donors (Lipinski definition) is 2. The molecule has 0 amide bonds. The molecule has 0 spiro atoms. The Bertz CT molecular complexity index is 649. The summed E-state index contributed by atoms with van der Waals surface area (Å²) in [4.78, 5) is 4.33. The number of nitrogens with zero attached hydrogens (tertiary/aromatic N) is 1. The first-order chi connectivity index (χ1) is 10.7. The summed E-state index contributed by atoms with van der Waals surface area (Å²) in [5.74, 6) is 0.755. The second kappa shape index (κ2) is 6.61. The van der Waals surface area contributed by atoms with Crippen LogP contribution in [0.25, 0.3) is 11.3 Å². The SMILES string of the molecule is COc1ccc(-c2ncsc2B(O)OC(C)(C)C(C)(C)O)cc1. The van der Waals surface area contributed by atoms with Gasteiger partial charge < -0.3 is 19.5 Å². The molecule has 0 saturated carbocycles. The molecule has 0 atom stereocenters. The van der Waals surface area contributed by atoms with Gasteiger partial charge in [0.05, 0.1) is 34.3 Å². The summed E-state index contributed by atoms with van der Waals surface area (Å²) in [5, 5.41) is 20.6. The Morgan fingerprint density at radius 2 is 1.74 bits per heavy atom. The molecule has 0 aliphatic heterocycles. The molecule has 0 saturated heterocycles. The Morgan fingerprint density at radius 1 is 1.13 bits per heavy atom. The molecule has 1 heterocycles.